The lowest BCUT2D eigenvalue weighted by Crippen LogP contribution is -2.37. The van der Waals surface area contributed by atoms with Crippen LogP contribution in [0.1, 0.15) is 39.8 Å². The minimum atomic E-state index is -2.83. The van der Waals surface area contributed by atoms with E-state index in [1.807, 2.05) is 0 Å². The van der Waals surface area contributed by atoms with Crippen molar-refractivity contribution >= 4 is 34.5 Å². The van der Waals surface area contributed by atoms with Crippen LogP contribution in [0, 0.1) is 18.6 Å². The van der Waals surface area contributed by atoms with Crippen molar-refractivity contribution in [3.05, 3.63) is 80.4 Å². The van der Waals surface area contributed by atoms with Gasteiger partial charge in [-0.05, 0) is 39.3 Å². The van der Waals surface area contributed by atoms with Gasteiger partial charge in [0.1, 0.15) is 33.9 Å². The molecule has 0 aliphatic carbocycles. The predicted molar refractivity (Wildman–Crippen MR) is 136 cm³/mol. The summed E-state index contributed by atoms with van der Waals surface area (Å²) in [5, 5.41) is 13.1. The summed E-state index contributed by atoms with van der Waals surface area (Å²) in [6.07, 6.45) is 2.14. The van der Waals surface area contributed by atoms with Gasteiger partial charge in [0, 0.05) is 29.4 Å². The van der Waals surface area contributed by atoms with Gasteiger partial charge >= 0.3 is 0 Å². The van der Waals surface area contributed by atoms with Crippen molar-refractivity contribution in [1.82, 2.24) is 15.0 Å². The van der Waals surface area contributed by atoms with Crippen molar-refractivity contribution in [2.45, 2.75) is 45.9 Å². The number of allylic oxidation sites excluding steroid dienone is 2. The van der Waals surface area contributed by atoms with E-state index in [1.54, 1.807) is 45.3 Å². The highest BCUT2D eigenvalue weighted by Gasteiger charge is 2.32. The highest BCUT2D eigenvalue weighted by Crippen LogP contribution is 2.37. The minimum absolute atomic E-state index is 0.252. The summed E-state index contributed by atoms with van der Waals surface area (Å²) in [6, 6.07) is 2.18. The molecule has 12 heteroatoms. The van der Waals surface area contributed by atoms with E-state index >= 15 is 0 Å². The Bertz CT molecular complexity index is 1530. The molecule has 3 aromatic rings. The lowest BCUT2D eigenvalue weighted by molar-refractivity contribution is -0.122. The van der Waals surface area contributed by atoms with E-state index < -0.39 is 41.4 Å². The molecule has 1 amide bonds. The van der Waals surface area contributed by atoms with E-state index in [0.29, 0.717) is 45.6 Å². The number of carbonyl (C=O) groups excluding carboxylic acids is 1. The lowest BCUT2D eigenvalue weighted by atomic mass is 9.94. The summed E-state index contributed by atoms with van der Waals surface area (Å²) in [5.74, 6) is -2.97. The molecular weight excluding hydrogens is 524 g/mol. The molecule has 4 heterocycles. The number of halogens is 3. The molecule has 0 aromatic carbocycles. The summed E-state index contributed by atoms with van der Waals surface area (Å²) in [7, 11) is 0. The van der Waals surface area contributed by atoms with Crippen LogP contribution in [0.4, 0.5) is 14.5 Å². The van der Waals surface area contributed by atoms with Crippen LogP contribution in [0.5, 0.6) is 0 Å². The SMILES string of the molecule is [2H]C([2H])(OC1=C(Cl)[C@H](O)N(c2cc(-c3csc(C(C)(C)C(N)=O)n3)ncc2C)C(C)=C1)c1ncc(F)cc1F. The molecular formula is C25H24ClF2N5O3S. The summed E-state index contributed by atoms with van der Waals surface area (Å²) in [4.78, 5) is 25.8. The maximum absolute atomic E-state index is 14.2. The van der Waals surface area contributed by atoms with E-state index in [2.05, 4.69) is 15.0 Å². The molecule has 0 radical (unpaired) electrons. The molecule has 3 aromatic heterocycles. The van der Waals surface area contributed by atoms with Crippen molar-refractivity contribution in [2.24, 2.45) is 5.73 Å². The predicted octanol–water partition coefficient (Wildman–Crippen LogP) is 4.66. The molecule has 0 spiro atoms. The number of aromatic nitrogens is 3. The number of aryl methyl sites for hydroxylation is 1. The first kappa shape index (κ1) is 24.0. The second-order valence-electron chi connectivity index (χ2n) is 8.81. The molecule has 37 heavy (non-hydrogen) atoms. The van der Waals surface area contributed by atoms with Crippen molar-refractivity contribution in [3.63, 3.8) is 0 Å². The number of nitrogens with two attached hydrogens (primary N) is 1. The number of hydrogen-bond donors (Lipinski definition) is 2. The fourth-order valence-electron chi connectivity index (χ4n) is 3.45. The fraction of sp³-hybridized carbons (Fsp3) is 0.280. The van der Waals surface area contributed by atoms with Gasteiger partial charge < -0.3 is 20.5 Å². The second-order valence-corrected chi connectivity index (χ2v) is 10.1. The smallest absolute Gasteiger partial charge is 0.229 e. The number of pyridine rings is 2. The number of aliphatic hydroxyl groups excluding tert-OH is 1. The normalized spacial score (nSPS) is 17.4. The number of nitrogens with zero attached hydrogens (tertiary/aromatic N) is 4. The third kappa shape index (κ3) is 5.20. The van der Waals surface area contributed by atoms with E-state index in [9.17, 15) is 18.7 Å². The number of carbonyl (C=O) groups is 1. The van der Waals surface area contributed by atoms with Gasteiger partial charge in [-0.1, -0.05) is 11.6 Å². The summed E-state index contributed by atoms with van der Waals surface area (Å²) < 4.78 is 49.0. The monoisotopic (exact) mass is 549 g/mol. The fourth-order valence-corrected chi connectivity index (χ4v) is 4.58. The van der Waals surface area contributed by atoms with E-state index in [1.165, 1.54) is 22.3 Å². The van der Waals surface area contributed by atoms with Crippen LogP contribution in [0.3, 0.4) is 0 Å². The van der Waals surface area contributed by atoms with Crippen LogP contribution in [0.25, 0.3) is 11.4 Å². The van der Waals surface area contributed by atoms with Gasteiger partial charge in [0.25, 0.3) is 0 Å². The zero-order chi connectivity index (χ0) is 28.9. The standard InChI is InChI=1S/C25H24ClF2N5O3S/c1-12-8-30-16(18-11-37-24(32-18)25(3,4)23(29)35)7-19(12)33-13(2)5-20(21(26)22(33)34)36-10-17-15(28)6-14(27)9-31-17/h5-9,11,22,34H,10H2,1-4H3,(H2,29,35)/t22-/m0/s1/i10D2. The lowest BCUT2D eigenvalue weighted by Gasteiger charge is -2.35. The minimum Gasteiger partial charge on any atom is -0.486 e. The highest BCUT2D eigenvalue weighted by atomic mass is 35.5. The third-order valence-corrected chi connectivity index (χ3v) is 7.29. The second kappa shape index (κ2) is 10.2. The molecule has 1 aliphatic heterocycles. The van der Waals surface area contributed by atoms with E-state index in [-0.39, 0.29) is 10.8 Å². The van der Waals surface area contributed by atoms with Gasteiger partial charge in [-0.2, -0.15) is 0 Å². The molecule has 1 atom stereocenters. The maximum Gasteiger partial charge on any atom is 0.229 e. The molecule has 0 saturated heterocycles. The number of anilines is 1. The van der Waals surface area contributed by atoms with Crippen molar-refractivity contribution < 1.29 is 26.2 Å². The Kier molecular flexibility index (Phi) is 6.58. The van der Waals surface area contributed by atoms with Crippen LogP contribution in [-0.4, -0.2) is 32.2 Å². The van der Waals surface area contributed by atoms with Crippen LogP contribution in [-0.2, 0) is 21.5 Å². The Morgan fingerprint density at radius 2 is 2.03 bits per heavy atom. The van der Waals surface area contributed by atoms with Crippen molar-refractivity contribution in [3.8, 4) is 11.4 Å². The number of ether oxygens (including phenoxy) is 1. The first-order chi connectivity index (χ1) is 18.1. The average Bonchev–Trinajstić information content (AvgIpc) is 3.34. The first-order valence-electron chi connectivity index (χ1n) is 11.9. The van der Waals surface area contributed by atoms with Crippen molar-refractivity contribution in [2.75, 3.05) is 4.90 Å². The van der Waals surface area contributed by atoms with Crippen molar-refractivity contribution in [1.29, 1.82) is 0 Å². The van der Waals surface area contributed by atoms with Gasteiger partial charge in [-0.15, -0.1) is 11.3 Å². The molecule has 3 N–H and O–H groups in total. The number of hydrogen-bond acceptors (Lipinski definition) is 8. The number of primary amides is 1. The van der Waals surface area contributed by atoms with Crippen LogP contribution in [0.15, 0.2) is 52.5 Å². The molecule has 0 unspecified atom stereocenters. The molecule has 0 bridgehead atoms. The Labute approximate surface area is 223 Å². The highest BCUT2D eigenvalue weighted by molar-refractivity contribution is 7.10. The zero-order valence-corrected chi connectivity index (χ0v) is 21.8. The Morgan fingerprint density at radius 1 is 1.30 bits per heavy atom. The molecule has 194 valence electrons. The zero-order valence-electron chi connectivity index (χ0n) is 22.2. The van der Waals surface area contributed by atoms with Gasteiger partial charge in [0.15, 0.2) is 12.0 Å². The Balaban J connectivity index is 1.66. The molecule has 0 fully saturated rings. The molecule has 0 saturated carbocycles. The van der Waals surface area contributed by atoms with Gasteiger partial charge in [0.2, 0.25) is 5.91 Å². The van der Waals surface area contributed by atoms with Crippen LogP contribution >= 0.6 is 22.9 Å². The Hall–Kier alpha value is -3.41. The molecule has 1 aliphatic rings. The van der Waals surface area contributed by atoms with Gasteiger partial charge in [-0.25, -0.2) is 13.8 Å². The van der Waals surface area contributed by atoms with E-state index in [0.717, 1.165) is 0 Å². The summed E-state index contributed by atoms with van der Waals surface area (Å²) in [6.45, 7) is 3.95. The van der Waals surface area contributed by atoms with Crippen LogP contribution < -0.4 is 10.6 Å². The third-order valence-electron chi connectivity index (χ3n) is 5.74. The number of aliphatic hydroxyl groups is 1. The number of amides is 1. The largest absolute Gasteiger partial charge is 0.486 e. The van der Waals surface area contributed by atoms with E-state index in [4.69, 9.17) is 24.8 Å². The average molecular weight is 550 g/mol. The molecule has 4 rings (SSSR count). The van der Waals surface area contributed by atoms with Crippen LogP contribution in [0.2, 0.25) is 0 Å². The quantitative estimate of drug-likeness (QED) is 0.440. The summed E-state index contributed by atoms with van der Waals surface area (Å²) >= 11 is 7.67. The number of rotatable bonds is 7. The van der Waals surface area contributed by atoms with Gasteiger partial charge in [-0.3, -0.25) is 14.8 Å². The summed E-state index contributed by atoms with van der Waals surface area (Å²) in [5.41, 5.74) is 6.36. The first-order valence-corrected chi connectivity index (χ1v) is 12.2. The maximum atomic E-state index is 14.2. The topological polar surface area (TPSA) is 114 Å². The Morgan fingerprint density at radius 3 is 2.70 bits per heavy atom. The van der Waals surface area contributed by atoms with Gasteiger partial charge in [0.05, 0.1) is 31.4 Å². The number of thiazole rings is 1. The molecule has 8 nitrogen and oxygen atoms in total.